The highest BCUT2D eigenvalue weighted by Gasteiger charge is 2.21. The van der Waals surface area contributed by atoms with Crippen molar-refractivity contribution in [2.45, 2.75) is 19.8 Å². The number of nitrogens with zero attached hydrogens (tertiary/aromatic N) is 2. The van der Waals surface area contributed by atoms with E-state index >= 15 is 0 Å². The number of ketones is 1. The number of Topliss-reactive ketones (excluding diaryl/α,β-unsaturated/α-hetero) is 1. The summed E-state index contributed by atoms with van der Waals surface area (Å²) in [6, 6.07) is 3.76. The smallest absolute Gasteiger partial charge is 0.223 e. The van der Waals surface area contributed by atoms with Crippen LogP contribution in [0, 0.1) is 6.92 Å². The van der Waals surface area contributed by atoms with Gasteiger partial charge in [-0.2, -0.15) is 0 Å². The second-order valence-electron chi connectivity index (χ2n) is 5.28. The van der Waals surface area contributed by atoms with Crippen molar-refractivity contribution in [1.29, 1.82) is 0 Å². The van der Waals surface area contributed by atoms with E-state index in [-0.39, 0.29) is 31.1 Å². The number of hydrogen-bond donors (Lipinski definition) is 1. The summed E-state index contributed by atoms with van der Waals surface area (Å²) in [6.45, 7) is 5.75. The molecule has 0 radical (unpaired) electrons. The van der Waals surface area contributed by atoms with Crippen molar-refractivity contribution in [3.05, 3.63) is 21.9 Å². The predicted octanol–water partition coefficient (Wildman–Crippen LogP) is 1.16. The lowest BCUT2D eigenvalue weighted by Gasteiger charge is -2.34. The Labute approximate surface area is 129 Å². The van der Waals surface area contributed by atoms with Crippen LogP contribution in [0.2, 0.25) is 0 Å². The quantitative estimate of drug-likeness (QED) is 0.801. The normalized spacial score (nSPS) is 16.2. The highest BCUT2D eigenvalue weighted by Crippen LogP contribution is 2.18. The maximum Gasteiger partial charge on any atom is 0.223 e. The monoisotopic (exact) mass is 310 g/mol. The molecular formula is C15H22N2O3S. The first-order chi connectivity index (χ1) is 10.1. The number of aryl methyl sites for hydroxylation is 1. The lowest BCUT2D eigenvalue weighted by Crippen LogP contribution is -2.49. The van der Waals surface area contributed by atoms with Gasteiger partial charge in [0.15, 0.2) is 5.78 Å². The third kappa shape index (κ3) is 4.62. The molecule has 2 heterocycles. The Morgan fingerprint density at radius 1 is 1.19 bits per heavy atom. The van der Waals surface area contributed by atoms with Crippen molar-refractivity contribution in [1.82, 2.24) is 9.80 Å². The Bertz CT molecular complexity index is 493. The number of piperazine rings is 1. The summed E-state index contributed by atoms with van der Waals surface area (Å²) in [5, 5.41) is 8.89. The minimum Gasteiger partial charge on any atom is -0.395 e. The lowest BCUT2D eigenvalue weighted by molar-refractivity contribution is -0.132. The maximum atomic E-state index is 12.1. The molecule has 1 saturated heterocycles. The van der Waals surface area contributed by atoms with Crippen LogP contribution in [0.25, 0.3) is 0 Å². The maximum absolute atomic E-state index is 12.1. The summed E-state index contributed by atoms with van der Waals surface area (Å²) in [4.78, 5) is 29.9. The Morgan fingerprint density at radius 2 is 1.90 bits per heavy atom. The van der Waals surface area contributed by atoms with Crippen LogP contribution < -0.4 is 0 Å². The molecule has 6 heteroatoms. The van der Waals surface area contributed by atoms with Gasteiger partial charge in [0.1, 0.15) is 0 Å². The zero-order valence-corrected chi connectivity index (χ0v) is 13.2. The minimum atomic E-state index is 0.0558. The molecule has 1 aromatic rings. The SMILES string of the molecule is Cc1ccc(C(=O)CCC(=O)N2CCN(CCO)CC2)s1. The molecule has 1 aromatic heterocycles. The molecule has 1 aliphatic rings. The number of rotatable bonds is 6. The Balaban J connectivity index is 1.74. The van der Waals surface area contributed by atoms with Crippen molar-refractivity contribution < 1.29 is 14.7 Å². The molecule has 1 N–H and O–H groups in total. The first-order valence-corrected chi connectivity index (χ1v) is 8.12. The van der Waals surface area contributed by atoms with Crippen molar-refractivity contribution in [2.75, 3.05) is 39.3 Å². The Kier molecular flexibility index (Phi) is 5.90. The second kappa shape index (κ2) is 7.68. The van der Waals surface area contributed by atoms with Crippen LogP contribution in [0.1, 0.15) is 27.4 Å². The molecular weight excluding hydrogens is 288 g/mol. The first kappa shape index (κ1) is 16.1. The van der Waals surface area contributed by atoms with E-state index in [0.29, 0.717) is 19.6 Å². The van der Waals surface area contributed by atoms with Gasteiger partial charge in [-0.25, -0.2) is 0 Å². The van der Waals surface area contributed by atoms with E-state index in [1.807, 2.05) is 24.0 Å². The lowest BCUT2D eigenvalue weighted by atomic mass is 10.1. The van der Waals surface area contributed by atoms with Gasteiger partial charge in [-0.1, -0.05) is 0 Å². The van der Waals surface area contributed by atoms with Crippen molar-refractivity contribution in [3.8, 4) is 0 Å². The standard InChI is InChI=1S/C15H22N2O3S/c1-12-2-4-14(21-12)13(19)3-5-15(20)17-8-6-16(7-9-17)10-11-18/h2,4,18H,3,5-11H2,1H3. The van der Waals surface area contributed by atoms with Gasteiger partial charge < -0.3 is 10.0 Å². The third-order valence-electron chi connectivity index (χ3n) is 3.72. The van der Waals surface area contributed by atoms with E-state index in [1.54, 1.807) is 0 Å². The van der Waals surface area contributed by atoms with Crippen molar-refractivity contribution in [3.63, 3.8) is 0 Å². The largest absolute Gasteiger partial charge is 0.395 e. The molecule has 0 aromatic carbocycles. The number of aliphatic hydroxyl groups excluding tert-OH is 1. The topological polar surface area (TPSA) is 60.9 Å². The summed E-state index contributed by atoms with van der Waals surface area (Å²) in [5.74, 6) is 0.112. The highest BCUT2D eigenvalue weighted by atomic mass is 32.1. The van der Waals surface area contributed by atoms with Crippen LogP contribution in [0.4, 0.5) is 0 Å². The molecule has 0 atom stereocenters. The molecule has 0 bridgehead atoms. The fraction of sp³-hybridized carbons (Fsp3) is 0.600. The van der Waals surface area contributed by atoms with Crippen LogP contribution >= 0.6 is 11.3 Å². The molecule has 0 aliphatic carbocycles. The van der Waals surface area contributed by atoms with Gasteiger partial charge in [-0.05, 0) is 19.1 Å². The average Bonchev–Trinajstić information content (AvgIpc) is 2.92. The molecule has 0 saturated carbocycles. The molecule has 1 fully saturated rings. The molecule has 2 rings (SSSR count). The van der Waals surface area contributed by atoms with Crippen molar-refractivity contribution >= 4 is 23.0 Å². The Hall–Kier alpha value is -1.24. The van der Waals surface area contributed by atoms with Crippen LogP contribution in [0.3, 0.4) is 0 Å². The predicted molar refractivity (Wildman–Crippen MR) is 82.7 cm³/mol. The summed E-state index contributed by atoms with van der Waals surface area (Å²) in [7, 11) is 0. The molecule has 0 spiro atoms. The van der Waals surface area contributed by atoms with Crippen LogP contribution in [-0.2, 0) is 4.79 Å². The Morgan fingerprint density at radius 3 is 2.48 bits per heavy atom. The molecule has 116 valence electrons. The van der Waals surface area contributed by atoms with E-state index in [1.165, 1.54) is 11.3 Å². The van der Waals surface area contributed by atoms with Gasteiger partial charge in [-0.3, -0.25) is 14.5 Å². The molecule has 1 aliphatic heterocycles. The number of thiophene rings is 1. The number of amides is 1. The van der Waals surface area contributed by atoms with Gasteiger partial charge >= 0.3 is 0 Å². The number of β-amino-alcohol motifs (C(OH)–C–C–N with tert-alkyl or cyclic N) is 1. The second-order valence-corrected chi connectivity index (χ2v) is 6.57. The average molecular weight is 310 g/mol. The van der Waals surface area contributed by atoms with Crippen LogP contribution in [0.5, 0.6) is 0 Å². The number of carbonyl (C=O) groups excluding carboxylic acids is 2. The molecule has 21 heavy (non-hydrogen) atoms. The minimum absolute atomic E-state index is 0.0558. The summed E-state index contributed by atoms with van der Waals surface area (Å²) in [6.07, 6.45) is 0.575. The first-order valence-electron chi connectivity index (χ1n) is 7.31. The molecule has 1 amide bonds. The highest BCUT2D eigenvalue weighted by molar-refractivity contribution is 7.14. The fourth-order valence-corrected chi connectivity index (χ4v) is 3.28. The van der Waals surface area contributed by atoms with Crippen LogP contribution in [-0.4, -0.2) is 65.9 Å². The van der Waals surface area contributed by atoms with E-state index in [0.717, 1.165) is 22.8 Å². The zero-order valence-electron chi connectivity index (χ0n) is 12.4. The summed E-state index contributed by atoms with van der Waals surface area (Å²) in [5.41, 5.74) is 0. The number of aliphatic hydroxyl groups is 1. The van der Waals surface area contributed by atoms with Gasteiger partial charge in [-0.15, -0.1) is 11.3 Å². The summed E-state index contributed by atoms with van der Waals surface area (Å²) < 4.78 is 0. The summed E-state index contributed by atoms with van der Waals surface area (Å²) >= 11 is 1.48. The number of carbonyl (C=O) groups is 2. The van der Waals surface area contributed by atoms with Crippen LogP contribution in [0.15, 0.2) is 12.1 Å². The fourth-order valence-electron chi connectivity index (χ4n) is 2.45. The zero-order chi connectivity index (χ0) is 15.2. The van der Waals surface area contributed by atoms with Gasteiger partial charge in [0.25, 0.3) is 0 Å². The molecule has 0 unspecified atom stereocenters. The third-order valence-corrected chi connectivity index (χ3v) is 4.76. The van der Waals surface area contributed by atoms with E-state index < -0.39 is 0 Å². The van der Waals surface area contributed by atoms with E-state index in [9.17, 15) is 9.59 Å². The van der Waals surface area contributed by atoms with E-state index in [2.05, 4.69) is 4.90 Å². The number of hydrogen-bond acceptors (Lipinski definition) is 5. The van der Waals surface area contributed by atoms with Gasteiger partial charge in [0, 0.05) is 50.4 Å². The van der Waals surface area contributed by atoms with E-state index in [4.69, 9.17) is 5.11 Å². The van der Waals surface area contributed by atoms with Crippen molar-refractivity contribution in [2.24, 2.45) is 0 Å². The molecule has 5 nitrogen and oxygen atoms in total. The van der Waals surface area contributed by atoms with Gasteiger partial charge in [0.05, 0.1) is 11.5 Å². The van der Waals surface area contributed by atoms with Gasteiger partial charge in [0.2, 0.25) is 5.91 Å².